The van der Waals surface area contributed by atoms with E-state index in [-0.39, 0.29) is 5.91 Å². The van der Waals surface area contributed by atoms with Crippen molar-refractivity contribution in [2.24, 2.45) is 5.92 Å². The van der Waals surface area contributed by atoms with Gasteiger partial charge in [-0.05, 0) is 23.8 Å². The van der Waals surface area contributed by atoms with Crippen molar-refractivity contribution in [2.75, 3.05) is 24.3 Å². The zero-order valence-corrected chi connectivity index (χ0v) is 11.2. The molecule has 3 nitrogen and oxygen atoms in total. The molecule has 92 valence electrons. The summed E-state index contributed by atoms with van der Waals surface area (Å²) in [5, 5.41) is 0.520. The van der Waals surface area contributed by atoms with Gasteiger partial charge in [0.15, 0.2) is 5.75 Å². The first-order chi connectivity index (χ1) is 8.17. The molecule has 0 saturated carbocycles. The number of carbonyl (C=O) groups excluding carboxylic acids is 1. The van der Waals surface area contributed by atoms with Crippen LogP contribution in [0.5, 0.6) is 5.75 Å². The molecule has 0 bridgehead atoms. The largest absolute Gasteiger partial charge is 0.493 e. The first-order valence-corrected chi connectivity index (χ1v) is 6.42. The molecular weight excluding hydrogens is 258 g/mol. The van der Waals surface area contributed by atoms with Gasteiger partial charge in [-0.2, -0.15) is 12.6 Å². The molecule has 1 unspecified atom stereocenters. The van der Waals surface area contributed by atoms with Crippen molar-refractivity contribution >= 4 is 35.8 Å². The highest BCUT2D eigenvalue weighted by atomic mass is 35.5. The van der Waals surface area contributed by atoms with Gasteiger partial charge in [-0.3, -0.25) is 4.79 Å². The van der Waals surface area contributed by atoms with Crippen LogP contribution in [0.15, 0.2) is 18.2 Å². The molecule has 0 spiro atoms. The van der Waals surface area contributed by atoms with E-state index in [0.717, 1.165) is 5.69 Å². The van der Waals surface area contributed by atoms with Crippen LogP contribution in [0.2, 0.25) is 5.02 Å². The normalized spacial score (nSPS) is 19.8. The molecule has 1 aliphatic rings. The van der Waals surface area contributed by atoms with Gasteiger partial charge in [0.1, 0.15) is 0 Å². The van der Waals surface area contributed by atoms with Crippen LogP contribution in [0.1, 0.15) is 6.42 Å². The highest BCUT2D eigenvalue weighted by molar-refractivity contribution is 7.80. The number of rotatable bonds is 3. The number of anilines is 1. The summed E-state index contributed by atoms with van der Waals surface area (Å²) < 4.78 is 5.26. The average molecular weight is 272 g/mol. The molecule has 1 aliphatic heterocycles. The number of para-hydroxylation sites is 1. The molecule has 1 heterocycles. The third-order valence-electron chi connectivity index (χ3n) is 2.90. The summed E-state index contributed by atoms with van der Waals surface area (Å²) in [4.78, 5) is 13.6. The minimum Gasteiger partial charge on any atom is -0.493 e. The summed E-state index contributed by atoms with van der Waals surface area (Å²) in [5.74, 6) is 1.67. The summed E-state index contributed by atoms with van der Waals surface area (Å²) in [6, 6.07) is 5.42. The molecule has 1 saturated heterocycles. The number of amides is 1. The molecule has 2 rings (SSSR count). The summed E-state index contributed by atoms with van der Waals surface area (Å²) in [6.07, 6.45) is 0.541. The van der Waals surface area contributed by atoms with Crippen molar-refractivity contribution in [1.82, 2.24) is 0 Å². The average Bonchev–Trinajstić information content (AvgIpc) is 2.70. The lowest BCUT2D eigenvalue weighted by Gasteiger charge is -2.20. The van der Waals surface area contributed by atoms with Crippen LogP contribution in [0, 0.1) is 5.92 Å². The molecule has 0 aliphatic carbocycles. The van der Waals surface area contributed by atoms with E-state index in [4.69, 9.17) is 16.3 Å². The molecule has 1 aromatic rings. The molecule has 1 fully saturated rings. The lowest BCUT2D eigenvalue weighted by Crippen LogP contribution is -2.25. The Morgan fingerprint density at radius 3 is 2.94 bits per heavy atom. The number of methoxy groups -OCH3 is 1. The molecule has 1 atom stereocenters. The number of carbonyl (C=O) groups is 1. The molecule has 0 radical (unpaired) electrons. The second-order valence-electron chi connectivity index (χ2n) is 4.05. The number of benzene rings is 1. The first-order valence-electron chi connectivity index (χ1n) is 5.41. The number of hydrogen-bond acceptors (Lipinski definition) is 3. The quantitative estimate of drug-likeness (QED) is 0.857. The van der Waals surface area contributed by atoms with Gasteiger partial charge >= 0.3 is 0 Å². The minimum absolute atomic E-state index is 0.101. The lowest BCUT2D eigenvalue weighted by molar-refractivity contribution is -0.117. The predicted molar refractivity (Wildman–Crippen MR) is 72.3 cm³/mol. The molecule has 1 amide bonds. The van der Waals surface area contributed by atoms with E-state index in [1.807, 2.05) is 12.1 Å². The molecule has 0 aromatic heterocycles. The zero-order chi connectivity index (χ0) is 12.4. The Morgan fingerprint density at radius 1 is 1.59 bits per heavy atom. The van der Waals surface area contributed by atoms with Crippen molar-refractivity contribution in [3.8, 4) is 5.75 Å². The molecule has 1 aromatic carbocycles. The van der Waals surface area contributed by atoms with E-state index < -0.39 is 0 Å². The number of thiol groups is 1. The fraction of sp³-hybridized carbons (Fsp3) is 0.417. The molecule has 17 heavy (non-hydrogen) atoms. The fourth-order valence-corrected chi connectivity index (χ4v) is 2.54. The monoisotopic (exact) mass is 271 g/mol. The van der Waals surface area contributed by atoms with Crippen LogP contribution >= 0.6 is 24.2 Å². The zero-order valence-electron chi connectivity index (χ0n) is 9.52. The Morgan fingerprint density at radius 2 is 2.35 bits per heavy atom. The molecule has 5 heteroatoms. The van der Waals surface area contributed by atoms with Crippen molar-refractivity contribution in [3.63, 3.8) is 0 Å². The van der Waals surface area contributed by atoms with Crippen LogP contribution in [0.4, 0.5) is 5.69 Å². The number of nitrogens with zero attached hydrogens (tertiary/aromatic N) is 1. The van der Waals surface area contributed by atoms with Crippen molar-refractivity contribution in [2.45, 2.75) is 6.42 Å². The topological polar surface area (TPSA) is 29.5 Å². The number of hydrogen-bond donors (Lipinski definition) is 1. The summed E-state index contributed by atoms with van der Waals surface area (Å²) >= 11 is 10.3. The SMILES string of the molecule is COc1c(Cl)cccc1N1CC(CS)CC1=O. The standard InChI is InChI=1S/C12H14ClNO2S/c1-16-12-9(13)3-2-4-10(12)14-6-8(7-17)5-11(14)15/h2-4,8,17H,5-7H2,1H3. The first kappa shape index (κ1) is 12.6. The maximum atomic E-state index is 11.9. The van der Waals surface area contributed by atoms with Crippen LogP contribution < -0.4 is 9.64 Å². The third kappa shape index (κ3) is 2.38. The Hall–Kier alpha value is -0.870. The maximum absolute atomic E-state index is 11.9. The second-order valence-corrected chi connectivity index (χ2v) is 4.82. The van der Waals surface area contributed by atoms with E-state index >= 15 is 0 Å². The van der Waals surface area contributed by atoms with E-state index in [0.29, 0.717) is 35.4 Å². The lowest BCUT2D eigenvalue weighted by atomic mass is 10.1. The van der Waals surface area contributed by atoms with Crippen molar-refractivity contribution in [3.05, 3.63) is 23.2 Å². The van der Waals surface area contributed by atoms with Gasteiger partial charge in [0, 0.05) is 13.0 Å². The molecule has 0 N–H and O–H groups in total. The highest BCUT2D eigenvalue weighted by Crippen LogP contribution is 2.38. The Labute approximate surface area is 111 Å². The van der Waals surface area contributed by atoms with Crippen LogP contribution in [-0.4, -0.2) is 25.3 Å². The third-order valence-corrected chi connectivity index (χ3v) is 3.72. The number of halogens is 1. The number of ether oxygens (including phenoxy) is 1. The Kier molecular flexibility index (Phi) is 3.84. The van der Waals surface area contributed by atoms with E-state index in [9.17, 15) is 4.79 Å². The van der Waals surface area contributed by atoms with E-state index in [2.05, 4.69) is 12.6 Å². The maximum Gasteiger partial charge on any atom is 0.227 e. The van der Waals surface area contributed by atoms with Crippen molar-refractivity contribution < 1.29 is 9.53 Å². The fourth-order valence-electron chi connectivity index (χ4n) is 2.05. The smallest absolute Gasteiger partial charge is 0.227 e. The van der Waals surface area contributed by atoms with Crippen LogP contribution in [0.3, 0.4) is 0 Å². The van der Waals surface area contributed by atoms with Crippen LogP contribution in [-0.2, 0) is 4.79 Å². The van der Waals surface area contributed by atoms with E-state index in [1.54, 1.807) is 18.1 Å². The van der Waals surface area contributed by atoms with Gasteiger partial charge in [0.2, 0.25) is 5.91 Å². The molecular formula is C12H14ClNO2S. The van der Waals surface area contributed by atoms with Gasteiger partial charge in [-0.25, -0.2) is 0 Å². The van der Waals surface area contributed by atoms with Gasteiger partial charge in [-0.1, -0.05) is 17.7 Å². The van der Waals surface area contributed by atoms with Gasteiger partial charge < -0.3 is 9.64 Å². The second kappa shape index (κ2) is 5.19. The van der Waals surface area contributed by atoms with Crippen LogP contribution in [0.25, 0.3) is 0 Å². The highest BCUT2D eigenvalue weighted by Gasteiger charge is 2.31. The van der Waals surface area contributed by atoms with Gasteiger partial charge in [0.05, 0.1) is 17.8 Å². The summed E-state index contributed by atoms with van der Waals surface area (Å²) in [5.41, 5.74) is 0.745. The summed E-state index contributed by atoms with van der Waals surface area (Å²) in [6.45, 7) is 0.680. The Balaban J connectivity index is 2.34. The van der Waals surface area contributed by atoms with Crippen molar-refractivity contribution in [1.29, 1.82) is 0 Å². The van der Waals surface area contributed by atoms with Gasteiger partial charge in [0.25, 0.3) is 0 Å². The van der Waals surface area contributed by atoms with E-state index in [1.165, 1.54) is 0 Å². The Bertz CT molecular complexity index is 439. The minimum atomic E-state index is 0.101. The predicted octanol–water partition coefficient (Wildman–Crippen LogP) is 2.63. The summed E-state index contributed by atoms with van der Waals surface area (Å²) in [7, 11) is 1.56. The van der Waals surface area contributed by atoms with Gasteiger partial charge in [-0.15, -0.1) is 0 Å².